The number of hydrogen-bond donors (Lipinski definition) is 0. The molecular formula is C13H18NO2P. The minimum Gasteiger partial charge on any atom is -0.322 e. The lowest BCUT2D eigenvalue weighted by Gasteiger charge is -2.22. The first-order valence-electron chi connectivity index (χ1n) is 5.70. The van der Waals surface area contributed by atoms with Gasteiger partial charge in [-0.2, -0.15) is 5.26 Å². The van der Waals surface area contributed by atoms with E-state index in [4.69, 9.17) is 9.79 Å². The van der Waals surface area contributed by atoms with Crippen LogP contribution in [0.25, 0.3) is 0 Å². The highest BCUT2D eigenvalue weighted by molar-refractivity contribution is 7.67. The Morgan fingerprint density at radius 1 is 1.29 bits per heavy atom. The minimum absolute atomic E-state index is 0.119. The molecule has 0 aliphatic carbocycles. The van der Waals surface area contributed by atoms with E-state index < -0.39 is 7.37 Å². The molecule has 3 nitrogen and oxygen atoms in total. The highest BCUT2D eigenvalue weighted by Gasteiger charge is 2.29. The van der Waals surface area contributed by atoms with Crippen LogP contribution in [0, 0.1) is 17.2 Å². The van der Waals surface area contributed by atoms with Gasteiger partial charge in [-0.3, -0.25) is 4.57 Å². The molecule has 0 N–H and O–H groups in total. The van der Waals surface area contributed by atoms with Gasteiger partial charge < -0.3 is 4.52 Å². The summed E-state index contributed by atoms with van der Waals surface area (Å²) >= 11 is 0. The van der Waals surface area contributed by atoms with E-state index in [0.29, 0.717) is 5.30 Å². The standard InChI is InChI=1S/C13H18NO2P/c1-11(2)16-17(15,10-12(3)9-14)13-7-5-4-6-8-13/h4-8,11-12H,10H2,1-3H3. The zero-order valence-electron chi connectivity index (χ0n) is 10.5. The predicted molar refractivity (Wildman–Crippen MR) is 69.5 cm³/mol. The molecule has 0 heterocycles. The maximum atomic E-state index is 12.8. The number of benzene rings is 1. The lowest BCUT2D eigenvalue weighted by Crippen LogP contribution is -2.16. The summed E-state index contributed by atoms with van der Waals surface area (Å²) in [5.41, 5.74) is 0. The maximum Gasteiger partial charge on any atom is 0.233 e. The summed E-state index contributed by atoms with van der Waals surface area (Å²) in [6, 6.07) is 11.3. The number of nitrogens with zero attached hydrogens (tertiary/aromatic N) is 1. The van der Waals surface area contributed by atoms with E-state index in [1.54, 1.807) is 19.1 Å². The van der Waals surface area contributed by atoms with Gasteiger partial charge in [0.2, 0.25) is 7.37 Å². The molecule has 0 radical (unpaired) electrons. The third kappa shape index (κ3) is 4.00. The second kappa shape index (κ2) is 6.00. The first-order chi connectivity index (χ1) is 7.98. The van der Waals surface area contributed by atoms with Gasteiger partial charge in [0, 0.05) is 11.5 Å². The van der Waals surface area contributed by atoms with Crippen LogP contribution >= 0.6 is 7.37 Å². The van der Waals surface area contributed by atoms with Gasteiger partial charge >= 0.3 is 0 Å². The smallest absolute Gasteiger partial charge is 0.233 e. The van der Waals surface area contributed by atoms with E-state index in [9.17, 15) is 4.57 Å². The average molecular weight is 251 g/mol. The van der Waals surface area contributed by atoms with Gasteiger partial charge in [0.1, 0.15) is 0 Å². The van der Waals surface area contributed by atoms with E-state index in [2.05, 4.69) is 6.07 Å². The van der Waals surface area contributed by atoms with Crippen LogP contribution in [0.15, 0.2) is 30.3 Å². The minimum atomic E-state index is -2.92. The first kappa shape index (κ1) is 14.0. The second-order valence-corrected chi connectivity index (χ2v) is 6.82. The molecule has 1 rings (SSSR count). The van der Waals surface area contributed by atoms with Crippen LogP contribution in [0.5, 0.6) is 0 Å². The molecule has 0 amide bonds. The summed E-state index contributed by atoms with van der Waals surface area (Å²) < 4.78 is 18.4. The Labute approximate surface area is 103 Å². The summed E-state index contributed by atoms with van der Waals surface area (Å²) in [5.74, 6) is -0.278. The van der Waals surface area contributed by atoms with Gasteiger partial charge in [0.15, 0.2) is 0 Å². The van der Waals surface area contributed by atoms with Crippen LogP contribution in [0.2, 0.25) is 0 Å². The second-order valence-electron chi connectivity index (χ2n) is 4.38. The van der Waals surface area contributed by atoms with E-state index >= 15 is 0 Å². The van der Waals surface area contributed by atoms with Crippen molar-refractivity contribution in [2.45, 2.75) is 26.9 Å². The highest BCUT2D eigenvalue weighted by Crippen LogP contribution is 2.48. The van der Waals surface area contributed by atoms with Crippen molar-refractivity contribution in [3.8, 4) is 6.07 Å². The fourth-order valence-corrected chi connectivity index (χ4v) is 4.14. The Balaban J connectivity index is 3.03. The summed E-state index contributed by atoms with van der Waals surface area (Å²) in [6.07, 6.45) is 0.151. The van der Waals surface area contributed by atoms with Gasteiger partial charge in [-0.1, -0.05) is 18.2 Å². The normalized spacial score (nSPS) is 16.2. The van der Waals surface area contributed by atoms with Crippen LogP contribution in [0.3, 0.4) is 0 Å². The Bertz CT molecular complexity index is 436. The van der Waals surface area contributed by atoms with E-state index in [-0.39, 0.29) is 18.2 Å². The Morgan fingerprint density at radius 3 is 2.35 bits per heavy atom. The fraction of sp³-hybridized carbons (Fsp3) is 0.462. The fourth-order valence-electron chi connectivity index (χ4n) is 1.61. The lowest BCUT2D eigenvalue weighted by atomic mass is 10.3. The molecule has 0 aromatic heterocycles. The molecule has 0 spiro atoms. The third-order valence-corrected chi connectivity index (χ3v) is 5.14. The van der Waals surface area contributed by atoms with Gasteiger partial charge in [0.05, 0.1) is 18.1 Å². The predicted octanol–water partition coefficient (Wildman–Crippen LogP) is 3.17. The van der Waals surface area contributed by atoms with Crippen LogP contribution in [0.4, 0.5) is 0 Å². The molecule has 0 saturated heterocycles. The molecule has 4 heteroatoms. The lowest BCUT2D eigenvalue weighted by molar-refractivity contribution is 0.247. The molecule has 0 aliphatic heterocycles. The molecule has 1 aromatic carbocycles. The van der Waals surface area contributed by atoms with Crippen molar-refractivity contribution in [1.29, 1.82) is 5.26 Å². The van der Waals surface area contributed by atoms with Crippen molar-refractivity contribution in [2.24, 2.45) is 5.92 Å². The zero-order chi connectivity index (χ0) is 12.9. The van der Waals surface area contributed by atoms with Gasteiger partial charge in [0.25, 0.3) is 0 Å². The first-order valence-corrected chi connectivity index (χ1v) is 7.51. The van der Waals surface area contributed by atoms with Crippen molar-refractivity contribution >= 4 is 12.7 Å². The summed E-state index contributed by atoms with van der Waals surface area (Å²) in [6.45, 7) is 5.47. The van der Waals surface area contributed by atoms with E-state index in [0.717, 1.165) is 0 Å². The van der Waals surface area contributed by atoms with Crippen molar-refractivity contribution in [1.82, 2.24) is 0 Å². The van der Waals surface area contributed by atoms with Crippen LogP contribution in [-0.2, 0) is 9.09 Å². The molecule has 0 saturated carbocycles. The van der Waals surface area contributed by atoms with Crippen LogP contribution in [0.1, 0.15) is 20.8 Å². The quantitative estimate of drug-likeness (QED) is 0.755. The summed E-state index contributed by atoms with van der Waals surface area (Å²) in [4.78, 5) is 0. The molecule has 2 atom stereocenters. The summed E-state index contributed by atoms with van der Waals surface area (Å²) in [5, 5.41) is 9.54. The zero-order valence-corrected chi connectivity index (χ0v) is 11.4. The van der Waals surface area contributed by atoms with E-state index in [1.165, 1.54) is 0 Å². The van der Waals surface area contributed by atoms with Crippen LogP contribution < -0.4 is 5.30 Å². The molecule has 17 heavy (non-hydrogen) atoms. The molecule has 0 fully saturated rings. The van der Waals surface area contributed by atoms with E-state index in [1.807, 2.05) is 32.0 Å². The van der Waals surface area contributed by atoms with Gasteiger partial charge in [-0.25, -0.2) is 0 Å². The Morgan fingerprint density at radius 2 is 1.88 bits per heavy atom. The average Bonchev–Trinajstić information content (AvgIpc) is 2.29. The number of hydrogen-bond acceptors (Lipinski definition) is 3. The molecule has 0 aliphatic rings. The number of rotatable bonds is 5. The van der Waals surface area contributed by atoms with Crippen molar-refractivity contribution in [3.05, 3.63) is 30.3 Å². The van der Waals surface area contributed by atoms with Crippen molar-refractivity contribution in [2.75, 3.05) is 6.16 Å². The topological polar surface area (TPSA) is 50.1 Å². The highest BCUT2D eigenvalue weighted by atomic mass is 31.2. The molecule has 2 unspecified atom stereocenters. The summed E-state index contributed by atoms with van der Waals surface area (Å²) in [7, 11) is -2.92. The Hall–Kier alpha value is -1.10. The SMILES string of the molecule is CC(C#N)CP(=O)(OC(C)C)c1ccccc1. The van der Waals surface area contributed by atoms with Crippen molar-refractivity contribution < 1.29 is 9.09 Å². The van der Waals surface area contributed by atoms with Crippen molar-refractivity contribution in [3.63, 3.8) is 0 Å². The molecule has 1 aromatic rings. The maximum absolute atomic E-state index is 12.8. The largest absolute Gasteiger partial charge is 0.322 e. The Kier molecular flexibility index (Phi) is 4.93. The van der Waals surface area contributed by atoms with Gasteiger partial charge in [-0.05, 0) is 32.9 Å². The molecular weight excluding hydrogens is 233 g/mol. The molecule has 0 bridgehead atoms. The number of nitriles is 1. The van der Waals surface area contributed by atoms with Gasteiger partial charge in [-0.15, -0.1) is 0 Å². The monoisotopic (exact) mass is 251 g/mol. The van der Waals surface area contributed by atoms with Crippen LogP contribution in [-0.4, -0.2) is 12.3 Å². The third-order valence-electron chi connectivity index (χ3n) is 2.27. The molecule has 92 valence electrons.